The molecule has 6 heteroatoms. The minimum atomic E-state index is -0.477. The van der Waals surface area contributed by atoms with Gasteiger partial charge < -0.3 is 10.0 Å². The molecule has 4 saturated carbocycles. The van der Waals surface area contributed by atoms with Crippen molar-refractivity contribution in [2.75, 3.05) is 19.6 Å². The van der Waals surface area contributed by atoms with E-state index in [1.807, 2.05) is 0 Å². The molecule has 6 fully saturated rings. The van der Waals surface area contributed by atoms with Gasteiger partial charge in [-0.3, -0.25) is 19.5 Å². The molecule has 3 unspecified atom stereocenters. The molecule has 4 aliphatic carbocycles. The van der Waals surface area contributed by atoms with Crippen molar-refractivity contribution in [1.29, 1.82) is 0 Å². The van der Waals surface area contributed by atoms with Gasteiger partial charge in [0.2, 0.25) is 5.91 Å². The van der Waals surface area contributed by atoms with Crippen LogP contribution in [0.1, 0.15) is 111 Å². The van der Waals surface area contributed by atoms with Crippen molar-refractivity contribution in [1.82, 2.24) is 9.80 Å². The normalized spacial score (nSPS) is 42.2. The van der Waals surface area contributed by atoms with Gasteiger partial charge in [-0.2, -0.15) is 0 Å². The summed E-state index contributed by atoms with van der Waals surface area (Å²) in [6.45, 7) is 10.2. The van der Waals surface area contributed by atoms with Gasteiger partial charge in [-0.25, -0.2) is 0 Å². The number of nitrogens with zero attached hydrogens (tertiary/aromatic N) is 3. The summed E-state index contributed by atoms with van der Waals surface area (Å²) >= 11 is 0. The number of imide groups is 1. The van der Waals surface area contributed by atoms with Crippen LogP contribution in [0, 0.1) is 22.2 Å². The number of piperidine rings is 2. The summed E-state index contributed by atoms with van der Waals surface area (Å²) in [5.74, 6) is 0.445. The summed E-state index contributed by atoms with van der Waals surface area (Å²) in [7, 11) is 0. The van der Waals surface area contributed by atoms with Gasteiger partial charge in [0.05, 0.1) is 11.8 Å². The van der Waals surface area contributed by atoms with Crippen LogP contribution in [0.2, 0.25) is 0 Å². The Morgan fingerprint density at radius 3 is 2.46 bits per heavy atom. The van der Waals surface area contributed by atoms with E-state index in [0.29, 0.717) is 41.8 Å². The third-order valence-electron chi connectivity index (χ3n) is 10.9. The lowest BCUT2D eigenvalue weighted by Crippen LogP contribution is -2.55. The van der Waals surface area contributed by atoms with Crippen molar-refractivity contribution in [3.8, 4) is 0 Å². The molecule has 0 aromatic rings. The monoisotopic (exact) mass is 509 g/mol. The fourth-order valence-corrected chi connectivity index (χ4v) is 10.5. The molecule has 204 valence electrons. The van der Waals surface area contributed by atoms with E-state index in [4.69, 9.17) is 4.99 Å². The van der Waals surface area contributed by atoms with Crippen molar-refractivity contribution in [3.63, 3.8) is 0 Å². The lowest BCUT2D eigenvalue weighted by Gasteiger charge is -2.65. The van der Waals surface area contributed by atoms with Crippen molar-refractivity contribution >= 4 is 17.5 Å². The summed E-state index contributed by atoms with van der Waals surface area (Å²) < 4.78 is 0. The smallest absolute Gasteiger partial charge is 0.266 e. The van der Waals surface area contributed by atoms with Gasteiger partial charge in [0.25, 0.3) is 5.91 Å². The minimum Gasteiger partial charge on any atom is -0.509 e. The fourth-order valence-electron chi connectivity index (χ4n) is 10.5. The molecule has 0 radical (unpaired) electrons. The second kappa shape index (κ2) is 9.20. The summed E-state index contributed by atoms with van der Waals surface area (Å²) in [6, 6.07) is 0.158. The van der Waals surface area contributed by atoms with E-state index >= 15 is 0 Å². The van der Waals surface area contributed by atoms with Gasteiger partial charge in [0, 0.05) is 25.6 Å². The Morgan fingerprint density at radius 2 is 1.78 bits per heavy atom. The Bertz CT molecular complexity index is 1010. The van der Waals surface area contributed by atoms with Crippen LogP contribution >= 0.6 is 0 Å². The number of aliphatic hydroxyl groups is 1. The predicted octanol–water partition coefficient (Wildman–Crippen LogP) is 5.81. The van der Waals surface area contributed by atoms with Gasteiger partial charge in [0.15, 0.2) is 0 Å². The van der Waals surface area contributed by atoms with Gasteiger partial charge in [-0.15, -0.1) is 0 Å². The molecule has 6 nitrogen and oxygen atoms in total. The zero-order valence-electron chi connectivity index (χ0n) is 23.4. The molecule has 1 N–H and O–H groups in total. The van der Waals surface area contributed by atoms with E-state index < -0.39 is 6.04 Å². The summed E-state index contributed by atoms with van der Waals surface area (Å²) in [6.07, 6.45) is 15.0. The third-order valence-corrected chi connectivity index (χ3v) is 10.9. The first-order valence-electron chi connectivity index (χ1n) is 15.2. The molecule has 7 rings (SSSR count). The molecule has 2 amide bonds. The number of fused-ring (bicyclic) bond motifs is 1. The van der Waals surface area contributed by atoms with Gasteiger partial charge >= 0.3 is 0 Å². The fraction of sp³-hybridized carbons (Fsp3) is 0.839. The number of amides is 2. The van der Waals surface area contributed by atoms with Crippen LogP contribution in [0.4, 0.5) is 0 Å². The number of likely N-dealkylation sites (tertiary alicyclic amines) is 1. The second-order valence-electron chi connectivity index (χ2n) is 14.6. The molecule has 4 bridgehead atoms. The first-order valence-corrected chi connectivity index (χ1v) is 15.2. The van der Waals surface area contributed by atoms with Crippen LogP contribution in [0.25, 0.3) is 0 Å². The summed E-state index contributed by atoms with van der Waals surface area (Å²) in [5, 5.41) is 11.3. The van der Waals surface area contributed by atoms with Crippen LogP contribution in [0.5, 0.6) is 0 Å². The van der Waals surface area contributed by atoms with Gasteiger partial charge in [0.1, 0.15) is 11.3 Å². The van der Waals surface area contributed by atoms with E-state index in [1.165, 1.54) is 69.2 Å². The predicted molar refractivity (Wildman–Crippen MR) is 145 cm³/mol. The molecule has 7 aliphatic rings. The number of carbonyl (C=O) groups is 2. The molecule has 37 heavy (non-hydrogen) atoms. The standard InChI is InChI=1S/C31H47N3O3/c1-21-8-4-5-12-33(21)13-7-11-32-23(26-27(36)24-9-6-10-25(35)34(24)28(26)37)17-31-16-22-14-29(2,19-31)18-30(3,15-22)20-31/h21-22,24,36H,4-20H2,1-3H3/t21?,22?,24-,29?,30?,31?/m0/s1. The first-order chi connectivity index (χ1) is 17.6. The van der Waals surface area contributed by atoms with E-state index in [0.717, 1.165) is 37.4 Å². The molecule has 3 heterocycles. The van der Waals surface area contributed by atoms with Gasteiger partial charge in [-0.05, 0) is 113 Å². The highest BCUT2D eigenvalue weighted by Gasteiger charge is 2.60. The van der Waals surface area contributed by atoms with Crippen molar-refractivity contribution in [3.05, 3.63) is 11.3 Å². The van der Waals surface area contributed by atoms with Crippen LogP contribution in [-0.4, -0.2) is 64.2 Å². The number of aliphatic imine (C=N–C) groups is 1. The molecule has 4 atom stereocenters. The molecule has 2 saturated heterocycles. The lowest BCUT2D eigenvalue weighted by molar-refractivity contribution is -0.145. The maximum Gasteiger partial charge on any atom is 0.266 e. The number of carbonyl (C=O) groups excluding carboxylic acids is 2. The number of rotatable bonds is 7. The maximum atomic E-state index is 13.6. The SMILES string of the molecule is CC1CCCCN1CCCN=C(CC12CC3CC(C)(CC(C)(C3)C1)C2)C1=C(O)[C@@H]2CCCC(=O)N2C1=O. The third kappa shape index (κ3) is 4.59. The molecule has 0 aromatic carbocycles. The molecule has 0 aromatic heterocycles. The van der Waals surface area contributed by atoms with Crippen LogP contribution in [0.3, 0.4) is 0 Å². The highest BCUT2D eigenvalue weighted by Crippen LogP contribution is 2.70. The summed E-state index contributed by atoms with van der Waals surface area (Å²) in [4.78, 5) is 35.4. The van der Waals surface area contributed by atoms with E-state index in [2.05, 4.69) is 25.7 Å². The quantitative estimate of drug-likeness (QED) is 0.267. The van der Waals surface area contributed by atoms with Crippen LogP contribution in [-0.2, 0) is 9.59 Å². The molecular formula is C31H47N3O3. The number of hydrogen-bond donors (Lipinski definition) is 1. The van der Waals surface area contributed by atoms with Gasteiger partial charge in [-0.1, -0.05) is 20.3 Å². The average molecular weight is 510 g/mol. The topological polar surface area (TPSA) is 73.2 Å². The van der Waals surface area contributed by atoms with Crippen LogP contribution in [0.15, 0.2) is 16.3 Å². The largest absolute Gasteiger partial charge is 0.509 e. The Labute approximate surface area is 222 Å². The molecule has 3 aliphatic heterocycles. The maximum absolute atomic E-state index is 13.6. The summed E-state index contributed by atoms with van der Waals surface area (Å²) in [5.41, 5.74) is 2.09. The zero-order chi connectivity index (χ0) is 26.0. The Kier molecular flexibility index (Phi) is 6.36. The number of hydrogen-bond acceptors (Lipinski definition) is 5. The van der Waals surface area contributed by atoms with Crippen molar-refractivity contribution < 1.29 is 14.7 Å². The molecule has 0 spiro atoms. The average Bonchev–Trinajstić information content (AvgIpc) is 3.05. The first kappa shape index (κ1) is 25.6. The second-order valence-corrected chi connectivity index (χ2v) is 14.6. The van der Waals surface area contributed by atoms with E-state index in [9.17, 15) is 14.7 Å². The highest BCUT2D eigenvalue weighted by atomic mass is 16.3. The Balaban J connectivity index is 1.27. The number of aliphatic hydroxyl groups excluding tert-OH is 1. The van der Waals surface area contributed by atoms with Crippen molar-refractivity contribution in [2.45, 2.75) is 123 Å². The van der Waals surface area contributed by atoms with Crippen molar-refractivity contribution in [2.24, 2.45) is 27.2 Å². The molecular weight excluding hydrogens is 462 g/mol. The zero-order valence-corrected chi connectivity index (χ0v) is 23.4. The van der Waals surface area contributed by atoms with E-state index in [-0.39, 0.29) is 23.0 Å². The lowest BCUT2D eigenvalue weighted by atomic mass is 9.39. The Hall–Kier alpha value is -1.69. The van der Waals surface area contributed by atoms with E-state index in [1.54, 1.807) is 0 Å². The minimum absolute atomic E-state index is 0.114. The van der Waals surface area contributed by atoms with Crippen LogP contribution < -0.4 is 0 Å². The Morgan fingerprint density at radius 1 is 1.03 bits per heavy atom. The highest BCUT2D eigenvalue weighted by molar-refractivity contribution is 6.26.